The molecule has 0 saturated carbocycles. The fraction of sp³-hybridized carbons (Fsp3) is 0.611. The highest BCUT2D eigenvalue weighted by atomic mass is 16.5. The molecular weight excluding hydrogens is 336 g/mol. The van der Waals surface area contributed by atoms with Gasteiger partial charge in [-0.25, -0.2) is 0 Å². The zero-order valence-corrected chi connectivity index (χ0v) is 15.3. The van der Waals surface area contributed by atoms with Gasteiger partial charge in [-0.3, -0.25) is 14.5 Å². The van der Waals surface area contributed by atoms with E-state index < -0.39 is 17.4 Å². The summed E-state index contributed by atoms with van der Waals surface area (Å²) >= 11 is 0. The van der Waals surface area contributed by atoms with Crippen molar-refractivity contribution in [1.29, 1.82) is 0 Å². The number of nitrogens with one attached hydrogen (secondary N) is 1. The largest absolute Gasteiger partial charge is 0.360 e. The van der Waals surface area contributed by atoms with Crippen LogP contribution < -0.4 is 10.2 Å². The van der Waals surface area contributed by atoms with Crippen LogP contribution in [-0.4, -0.2) is 67.3 Å². The van der Waals surface area contributed by atoms with Crippen LogP contribution in [0.5, 0.6) is 0 Å². The SMILES string of the molecule is Cc1cc(N2C[C@@]34C=C[C@@H](O3)[C@@H](C(=O)NCCCN(C)C)[C@H]4C2=O)no1. The highest BCUT2D eigenvalue weighted by molar-refractivity contribution is 6.02. The molecule has 4 heterocycles. The number of nitrogens with zero attached hydrogens (tertiary/aromatic N) is 3. The maximum atomic E-state index is 13.1. The van der Waals surface area contributed by atoms with E-state index in [1.165, 1.54) is 0 Å². The molecule has 8 heteroatoms. The van der Waals surface area contributed by atoms with Crippen molar-refractivity contribution in [1.82, 2.24) is 15.4 Å². The molecule has 0 radical (unpaired) electrons. The Kier molecular flexibility index (Phi) is 4.11. The Morgan fingerprint density at radius 1 is 1.50 bits per heavy atom. The molecule has 1 N–H and O–H groups in total. The monoisotopic (exact) mass is 360 g/mol. The lowest BCUT2D eigenvalue weighted by Crippen LogP contribution is -2.44. The van der Waals surface area contributed by atoms with Gasteiger partial charge >= 0.3 is 0 Å². The summed E-state index contributed by atoms with van der Waals surface area (Å²) in [4.78, 5) is 29.5. The summed E-state index contributed by atoms with van der Waals surface area (Å²) in [5, 5.41) is 6.92. The summed E-state index contributed by atoms with van der Waals surface area (Å²) in [7, 11) is 4.00. The minimum atomic E-state index is -0.736. The number of aromatic nitrogens is 1. The first-order valence-corrected chi connectivity index (χ1v) is 8.95. The second-order valence-electron chi connectivity index (χ2n) is 7.57. The van der Waals surface area contributed by atoms with Gasteiger partial charge in [-0.1, -0.05) is 17.3 Å². The molecule has 0 aromatic carbocycles. The summed E-state index contributed by atoms with van der Waals surface area (Å²) in [6.07, 6.45) is 4.37. The van der Waals surface area contributed by atoms with Crippen LogP contribution in [0.2, 0.25) is 0 Å². The van der Waals surface area contributed by atoms with E-state index in [1.807, 2.05) is 26.2 Å². The van der Waals surface area contributed by atoms with Gasteiger partial charge < -0.3 is 19.5 Å². The van der Waals surface area contributed by atoms with E-state index in [9.17, 15) is 9.59 Å². The van der Waals surface area contributed by atoms with Gasteiger partial charge in [0.2, 0.25) is 11.8 Å². The minimum absolute atomic E-state index is 0.114. The third-order valence-electron chi connectivity index (χ3n) is 5.38. The molecule has 140 valence electrons. The van der Waals surface area contributed by atoms with Gasteiger partial charge in [-0.15, -0.1) is 0 Å². The molecule has 4 atom stereocenters. The Morgan fingerprint density at radius 3 is 3.00 bits per heavy atom. The lowest BCUT2D eigenvalue weighted by atomic mass is 9.77. The third kappa shape index (κ3) is 2.64. The van der Waals surface area contributed by atoms with Gasteiger partial charge in [0.1, 0.15) is 11.4 Å². The fourth-order valence-corrected chi connectivity index (χ4v) is 4.20. The van der Waals surface area contributed by atoms with Crippen LogP contribution in [0.3, 0.4) is 0 Å². The zero-order valence-electron chi connectivity index (χ0n) is 15.3. The Labute approximate surface area is 152 Å². The van der Waals surface area contributed by atoms with E-state index in [0.717, 1.165) is 13.0 Å². The van der Waals surface area contributed by atoms with Crippen LogP contribution >= 0.6 is 0 Å². The molecule has 4 rings (SSSR count). The van der Waals surface area contributed by atoms with Crippen molar-refractivity contribution in [3.05, 3.63) is 24.0 Å². The first-order valence-electron chi connectivity index (χ1n) is 8.95. The molecule has 26 heavy (non-hydrogen) atoms. The van der Waals surface area contributed by atoms with Crippen molar-refractivity contribution >= 4 is 17.6 Å². The van der Waals surface area contributed by atoms with Crippen molar-refractivity contribution in [3.8, 4) is 0 Å². The first kappa shape index (κ1) is 17.2. The van der Waals surface area contributed by atoms with Crippen LogP contribution in [0.4, 0.5) is 5.82 Å². The van der Waals surface area contributed by atoms with Crippen molar-refractivity contribution in [3.63, 3.8) is 0 Å². The van der Waals surface area contributed by atoms with Crippen LogP contribution in [0.15, 0.2) is 22.7 Å². The van der Waals surface area contributed by atoms with Crippen molar-refractivity contribution < 1.29 is 18.8 Å². The number of carbonyl (C=O) groups is 2. The highest BCUT2D eigenvalue weighted by Crippen LogP contribution is 2.52. The predicted molar refractivity (Wildman–Crippen MR) is 93.5 cm³/mol. The molecule has 1 aromatic rings. The standard InChI is InChI=1S/C18H24N4O4/c1-11-9-13(20-26-11)22-10-18-6-5-12(25-18)14(15(18)17(22)24)16(23)19-7-4-8-21(2)3/h5-6,9,12,14-15H,4,7-8,10H2,1-3H3,(H,19,23)/t12-,14-,15+,18-/m1/s1. The number of rotatable bonds is 6. The van der Waals surface area contributed by atoms with Gasteiger partial charge in [-0.05, 0) is 34.0 Å². The summed E-state index contributed by atoms with van der Waals surface area (Å²) in [6, 6.07) is 1.72. The molecule has 2 amide bonds. The average Bonchev–Trinajstić information content (AvgIpc) is 3.32. The normalized spacial score (nSPS) is 31.9. The van der Waals surface area contributed by atoms with Crippen LogP contribution in [0, 0.1) is 18.8 Å². The number of aryl methyl sites for hydroxylation is 1. The molecule has 3 aliphatic heterocycles. The lowest BCUT2D eigenvalue weighted by Gasteiger charge is -2.23. The van der Waals surface area contributed by atoms with Gasteiger partial charge in [-0.2, -0.15) is 0 Å². The van der Waals surface area contributed by atoms with Gasteiger partial charge in [0, 0.05) is 12.6 Å². The number of hydrogen-bond donors (Lipinski definition) is 1. The Bertz CT molecular complexity index is 758. The number of anilines is 1. The molecule has 2 saturated heterocycles. The molecular formula is C18H24N4O4. The number of fused-ring (bicyclic) bond motifs is 1. The second-order valence-corrected chi connectivity index (χ2v) is 7.57. The van der Waals surface area contributed by atoms with E-state index in [2.05, 4.69) is 15.4 Å². The minimum Gasteiger partial charge on any atom is -0.360 e. The quantitative estimate of drug-likeness (QED) is 0.581. The number of ether oxygens (including phenoxy) is 1. The topological polar surface area (TPSA) is 87.9 Å². The van der Waals surface area contributed by atoms with Crippen LogP contribution in [0.25, 0.3) is 0 Å². The summed E-state index contributed by atoms with van der Waals surface area (Å²) < 4.78 is 11.2. The number of amides is 2. The summed E-state index contributed by atoms with van der Waals surface area (Å²) in [5.74, 6) is -0.136. The second kappa shape index (κ2) is 6.21. The molecule has 0 unspecified atom stereocenters. The molecule has 0 aliphatic carbocycles. The van der Waals surface area contributed by atoms with E-state index in [-0.39, 0.29) is 17.9 Å². The lowest BCUT2D eigenvalue weighted by molar-refractivity contribution is -0.131. The Hall–Kier alpha value is -2.19. The Morgan fingerprint density at radius 2 is 2.31 bits per heavy atom. The van der Waals surface area contributed by atoms with Crippen molar-refractivity contribution in [2.24, 2.45) is 11.8 Å². The predicted octanol–water partition coefficient (Wildman–Crippen LogP) is 0.337. The smallest absolute Gasteiger partial charge is 0.235 e. The maximum Gasteiger partial charge on any atom is 0.235 e. The van der Waals surface area contributed by atoms with Gasteiger partial charge in [0.05, 0.1) is 24.5 Å². The van der Waals surface area contributed by atoms with Gasteiger partial charge in [0.15, 0.2) is 5.82 Å². The molecule has 3 aliphatic rings. The maximum absolute atomic E-state index is 13.1. The zero-order chi connectivity index (χ0) is 18.5. The molecule has 8 nitrogen and oxygen atoms in total. The van der Waals surface area contributed by atoms with Crippen LogP contribution in [-0.2, 0) is 14.3 Å². The first-order chi connectivity index (χ1) is 12.4. The number of carbonyl (C=O) groups excluding carboxylic acids is 2. The molecule has 1 aromatic heterocycles. The van der Waals surface area contributed by atoms with Crippen molar-refractivity contribution in [2.45, 2.75) is 25.0 Å². The van der Waals surface area contributed by atoms with Crippen molar-refractivity contribution in [2.75, 3.05) is 38.6 Å². The third-order valence-corrected chi connectivity index (χ3v) is 5.38. The molecule has 2 bridgehead atoms. The van der Waals surface area contributed by atoms with Gasteiger partial charge in [0.25, 0.3) is 0 Å². The summed E-state index contributed by atoms with van der Waals surface area (Å²) in [6.45, 7) is 3.63. The summed E-state index contributed by atoms with van der Waals surface area (Å²) in [5.41, 5.74) is -0.736. The molecule has 1 spiro atoms. The number of hydrogen-bond acceptors (Lipinski definition) is 6. The van der Waals surface area contributed by atoms with Crippen LogP contribution in [0.1, 0.15) is 12.2 Å². The van der Waals surface area contributed by atoms with E-state index in [4.69, 9.17) is 9.26 Å². The van der Waals surface area contributed by atoms with E-state index in [1.54, 1.807) is 17.9 Å². The fourth-order valence-electron chi connectivity index (χ4n) is 4.20. The van der Waals surface area contributed by atoms with E-state index >= 15 is 0 Å². The molecule has 2 fully saturated rings. The Balaban J connectivity index is 1.49. The van der Waals surface area contributed by atoms with E-state index in [0.29, 0.717) is 24.7 Å². The highest BCUT2D eigenvalue weighted by Gasteiger charge is 2.67. The average molecular weight is 360 g/mol.